The van der Waals surface area contributed by atoms with Crippen molar-refractivity contribution in [1.29, 1.82) is 0 Å². The van der Waals surface area contributed by atoms with Crippen molar-refractivity contribution < 1.29 is 4.84 Å². The van der Waals surface area contributed by atoms with Crippen LogP contribution in [0.4, 0.5) is 17.2 Å². The van der Waals surface area contributed by atoms with Gasteiger partial charge in [-0.05, 0) is 31.7 Å². The monoisotopic (exact) mass is 660 g/mol. The smallest absolute Gasteiger partial charge is 0.253 e. The van der Waals surface area contributed by atoms with E-state index in [4.69, 9.17) is 15.6 Å². The highest BCUT2D eigenvalue weighted by atomic mass is 16.7. The number of fused-ring (bicyclic) bond motifs is 3. The third-order valence-corrected chi connectivity index (χ3v) is 9.39. The van der Waals surface area contributed by atoms with Crippen LogP contribution in [0.25, 0.3) is 21.9 Å². The van der Waals surface area contributed by atoms with Crippen LogP contribution < -0.4 is 32.1 Å². The van der Waals surface area contributed by atoms with E-state index in [0.29, 0.717) is 35.9 Å². The van der Waals surface area contributed by atoms with Crippen molar-refractivity contribution in [3.8, 4) is 0 Å². The number of unbranched alkanes of at least 4 members (excludes halogenated alkanes) is 16. The minimum Gasteiger partial charge on any atom is -0.412 e. The highest BCUT2D eigenvalue weighted by Gasteiger charge is 2.20. The van der Waals surface area contributed by atoms with E-state index in [-0.39, 0.29) is 0 Å². The van der Waals surface area contributed by atoms with Gasteiger partial charge in [-0.1, -0.05) is 128 Å². The van der Waals surface area contributed by atoms with Crippen LogP contribution in [0.2, 0.25) is 0 Å². The average Bonchev–Trinajstić information content (AvgIpc) is 3.47. The zero-order valence-electron chi connectivity index (χ0n) is 29.7. The first kappa shape index (κ1) is 37.2. The lowest BCUT2D eigenvalue weighted by atomic mass is 10.0. The summed E-state index contributed by atoms with van der Waals surface area (Å²) in [7, 11) is 0. The first-order valence-corrected chi connectivity index (χ1v) is 19.1. The number of nitrogens with zero attached hydrogens (tertiary/aromatic N) is 3. The second-order valence-corrected chi connectivity index (χ2v) is 13.4. The lowest BCUT2D eigenvalue weighted by molar-refractivity contribution is 0.109. The molecule has 0 aliphatic rings. The standard InChI is InChI=1S/C39H60N6O3/c1-3-5-7-8-9-10-11-12-13-14-15-16-17-18-21-27-41-33-34(38(47)37(33)46)42-28-22-23-29-48-45-32(26-6-4-2)44-35-36(45)30-24-19-20-25-31(30)43-39(35)40/h19-20,24-25,41-42H,3-18,21-23,26-29H2,1-2H3,(H2,40,43). The molecule has 2 heterocycles. The second kappa shape index (κ2) is 20.7. The first-order chi connectivity index (χ1) is 23.6. The van der Waals surface area contributed by atoms with E-state index in [1.165, 1.54) is 83.5 Å². The topological polar surface area (TPSA) is 124 Å². The first-order valence-electron chi connectivity index (χ1n) is 19.1. The molecule has 0 atom stereocenters. The Bertz CT molecular complexity index is 1590. The number of benzene rings is 1. The molecule has 9 nitrogen and oxygen atoms in total. The maximum absolute atomic E-state index is 12.2. The number of aromatic nitrogens is 3. The third-order valence-electron chi connectivity index (χ3n) is 9.39. The lowest BCUT2D eigenvalue weighted by Gasteiger charge is -2.15. The van der Waals surface area contributed by atoms with Crippen molar-refractivity contribution >= 4 is 39.1 Å². The maximum atomic E-state index is 12.2. The van der Waals surface area contributed by atoms with E-state index in [2.05, 4.69) is 29.5 Å². The summed E-state index contributed by atoms with van der Waals surface area (Å²) in [6, 6.07) is 7.91. The summed E-state index contributed by atoms with van der Waals surface area (Å²) >= 11 is 0. The van der Waals surface area contributed by atoms with E-state index in [1.807, 2.05) is 29.0 Å². The molecule has 4 rings (SSSR count). The van der Waals surface area contributed by atoms with Crippen LogP contribution in [-0.2, 0) is 6.42 Å². The number of aryl methyl sites for hydroxylation is 1. The van der Waals surface area contributed by atoms with Crippen LogP contribution in [0, 0.1) is 0 Å². The highest BCUT2D eigenvalue weighted by Crippen LogP contribution is 2.28. The number of rotatable bonds is 27. The Morgan fingerprint density at radius 3 is 1.77 bits per heavy atom. The molecule has 0 unspecified atom stereocenters. The van der Waals surface area contributed by atoms with Gasteiger partial charge < -0.3 is 21.2 Å². The summed E-state index contributed by atoms with van der Waals surface area (Å²) < 4.78 is 1.84. The van der Waals surface area contributed by atoms with Gasteiger partial charge in [-0.3, -0.25) is 9.59 Å². The fraction of sp³-hybridized carbons (Fsp3) is 0.641. The normalized spacial score (nSPS) is 11.6. The van der Waals surface area contributed by atoms with Gasteiger partial charge in [0.2, 0.25) is 0 Å². The highest BCUT2D eigenvalue weighted by molar-refractivity contribution is 6.06. The van der Waals surface area contributed by atoms with E-state index < -0.39 is 10.9 Å². The number of nitrogens with one attached hydrogen (secondary N) is 2. The van der Waals surface area contributed by atoms with Crippen LogP contribution in [0.1, 0.15) is 142 Å². The third kappa shape index (κ3) is 10.7. The van der Waals surface area contributed by atoms with Crippen LogP contribution >= 0.6 is 0 Å². The Hall–Kier alpha value is -3.62. The van der Waals surface area contributed by atoms with Crippen molar-refractivity contribution in [3.05, 3.63) is 50.5 Å². The molecule has 0 spiro atoms. The summed E-state index contributed by atoms with van der Waals surface area (Å²) in [6.45, 7) is 6.23. The SMILES string of the molecule is CCCCCCCCCCCCCCCCCNc1c(NCCCCOn2c(CCCC)nc3c(N)nc4ccccc4c32)c(=O)c1=O. The predicted molar refractivity (Wildman–Crippen MR) is 202 cm³/mol. The zero-order valence-corrected chi connectivity index (χ0v) is 29.7. The molecule has 9 heteroatoms. The van der Waals surface area contributed by atoms with E-state index in [1.54, 1.807) is 0 Å². The number of nitrogens with two attached hydrogens (primary N) is 1. The quantitative estimate of drug-likeness (QED) is 0.0429. The number of imidazole rings is 1. The molecule has 0 saturated heterocycles. The molecule has 0 fully saturated rings. The number of para-hydroxylation sites is 1. The Kier molecular flexibility index (Phi) is 16.0. The van der Waals surface area contributed by atoms with E-state index in [9.17, 15) is 9.59 Å². The maximum Gasteiger partial charge on any atom is 0.253 e. The fourth-order valence-corrected chi connectivity index (χ4v) is 6.49. The van der Waals surface area contributed by atoms with Crippen LogP contribution in [0.15, 0.2) is 33.9 Å². The zero-order chi connectivity index (χ0) is 34.0. The molecule has 4 aromatic rings. The van der Waals surface area contributed by atoms with Gasteiger partial charge in [-0.15, -0.1) is 0 Å². The minimum absolute atomic E-state index is 0.407. The van der Waals surface area contributed by atoms with Crippen molar-refractivity contribution in [3.63, 3.8) is 0 Å². The fourth-order valence-electron chi connectivity index (χ4n) is 6.49. The van der Waals surface area contributed by atoms with Crippen molar-refractivity contribution in [2.24, 2.45) is 0 Å². The Morgan fingerprint density at radius 2 is 1.19 bits per heavy atom. The van der Waals surface area contributed by atoms with Gasteiger partial charge in [0.25, 0.3) is 10.9 Å². The summed E-state index contributed by atoms with van der Waals surface area (Å²) in [5.74, 6) is 1.26. The van der Waals surface area contributed by atoms with Gasteiger partial charge in [-0.2, -0.15) is 4.73 Å². The molecule has 0 radical (unpaired) electrons. The van der Waals surface area contributed by atoms with E-state index in [0.717, 1.165) is 73.7 Å². The Balaban J connectivity index is 1.10. The molecule has 2 aromatic heterocycles. The summed E-state index contributed by atoms with van der Waals surface area (Å²) in [5, 5.41) is 7.38. The molecule has 264 valence electrons. The van der Waals surface area contributed by atoms with Gasteiger partial charge in [0.15, 0.2) is 5.82 Å². The lowest BCUT2D eigenvalue weighted by Crippen LogP contribution is -2.37. The van der Waals surface area contributed by atoms with Crippen molar-refractivity contribution in [1.82, 2.24) is 14.7 Å². The number of hydrogen-bond acceptors (Lipinski definition) is 8. The van der Waals surface area contributed by atoms with Gasteiger partial charge >= 0.3 is 0 Å². The largest absolute Gasteiger partial charge is 0.412 e. The Labute approximate surface area is 287 Å². The molecular formula is C39H60N6O3. The molecule has 0 saturated carbocycles. The number of anilines is 3. The molecule has 0 amide bonds. The second-order valence-electron chi connectivity index (χ2n) is 13.4. The molecule has 4 N–H and O–H groups in total. The number of pyridine rings is 1. The van der Waals surface area contributed by atoms with Gasteiger partial charge in [0.1, 0.15) is 34.8 Å². The average molecular weight is 661 g/mol. The summed E-state index contributed by atoms with van der Waals surface area (Å²) in [4.78, 5) is 40.1. The van der Waals surface area contributed by atoms with Crippen molar-refractivity contribution in [2.75, 3.05) is 36.1 Å². The predicted octanol–water partition coefficient (Wildman–Crippen LogP) is 8.71. The summed E-state index contributed by atoms with van der Waals surface area (Å²) in [5.41, 5.74) is 8.68. The molecule has 48 heavy (non-hydrogen) atoms. The molecule has 0 bridgehead atoms. The minimum atomic E-state index is -0.422. The van der Waals surface area contributed by atoms with Crippen LogP contribution in [0.5, 0.6) is 0 Å². The molecule has 0 aliphatic carbocycles. The van der Waals surface area contributed by atoms with Crippen molar-refractivity contribution in [2.45, 2.75) is 142 Å². The van der Waals surface area contributed by atoms with Gasteiger partial charge in [-0.25, -0.2) is 9.97 Å². The molecular weight excluding hydrogens is 600 g/mol. The van der Waals surface area contributed by atoms with Crippen LogP contribution in [-0.4, -0.2) is 34.4 Å². The number of nitrogen functional groups attached to an aromatic ring is 1. The van der Waals surface area contributed by atoms with Crippen LogP contribution in [0.3, 0.4) is 0 Å². The number of hydrogen-bond donors (Lipinski definition) is 3. The Morgan fingerprint density at radius 1 is 0.667 bits per heavy atom. The van der Waals surface area contributed by atoms with E-state index >= 15 is 0 Å². The molecule has 0 aliphatic heterocycles. The van der Waals surface area contributed by atoms with Gasteiger partial charge in [0, 0.05) is 24.9 Å². The van der Waals surface area contributed by atoms with Gasteiger partial charge in [0.05, 0.1) is 5.52 Å². The summed E-state index contributed by atoms with van der Waals surface area (Å²) in [6.07, 6.45) is 24.3. The molecule has 2 aromatic carbocycles.